The van der Waals surface area contributed by atoms with E-state index in [1.165, 1.54) is 0 Å². The molecule has 0 rings (SSSR count). The number of carbonyl (C=O) groups excluding carboxylic acids is 1. The first-order valence-corrected chi connectivity index (χ1v) is 5.04. The Balaban J connectivity index is 4.18. The summed E-state index contributed by atoms with van der Waals surface area (Å²) in [7, 11) is 0. The lowest BCUT2D eigenvalue weighted by atomic mass is 10.3. The van der Waals surface area contributed by atoms with Gasteiger partial charge in [0.05, 0.1) is 0 Å². The van der Waals surface area contributed by atoms with Crippen LogP contribution in [-0.4, -0.2) is 22.5 Å². The second kappa shape index (κ2) is 5.82. The maximum atomic E-state index is 11.0. The first kappa shape index (κ1) is 13.2. The molecule has 0 aliphatic rings. The number of hydrogen-bond acceptors (Lipinski definition) is 6. The predicted molar refractivity (Wildman–Crippen MR) is 55.3 cm³/mol. The van der Waals surface area contributed by atoms with Gasteiger partial charge in [-0.1, -0.05) is 26.0 Å². The number of rotatable bonds is 4. The SMILES string of the molecule is CC(C)(C)SC[C@H](N=NN)C(=O)ON. The Morgan fingerprint density at radius 1 is 1.57 bits per heavy atom. The van der Waals surface area contributed by atoms with Crippen LogP contribution in [0.5, 0.6) is 0 Å². The molecule has 0 amide bonds. The molecular formula is C7H16N4O2S. The lowest BCUT2D eigenvalue weighted by Gasteiger charge is -2.18. The van der Waals surface area contributed by atoms with Gasteiger partial charge >= 0.3 is 5.97 Å². The quantitative estimate of drug-likeness (QED) is 0.411. The molecule has 82 valence electrons. The minimum atomic E-state index is -0.728. The molecule has 0 spiro atoms. The van der Waals surface area contributed by atoms with Gasteiger partial charge in [-0.05, 0) is 0 Å². The molecule has 0 aromatic rings. The van der Waals surface area contributed by atoms with Crippen LogP contribution < -0.4 is 11.7 Å². The molecule has 14 heavy (non-hydrogen) atoms. The summed E-state index contributed by atoms with van der Waals surface area (Å²) in [5.74, 6) is 9.42. The summed E-state index contributed by atoms with van der Waals surface area (Å²) < 4.78 is 0.0389. The molecule has 1 atom stereocenters. The van der Waals surface area contributed by atoms with Crippen molar-refractivity contribution in [3.05, 3.63) is 0 Å². The third-order valence-corrected chi connectivity index (χ3v) is 2.62. The van der Waals surface area contributed by atoms with E-state index >= 15 is 0 Å². The molecular weight excluding hydrogens is 204 g/mol. The highest BCUT2D eigenvalue weighted by Crippen LogP contribution is 2.24. The highest BCUT2D eigenvalue weighted by molar-refractivity contribution is 8.00. The zero-order valence-corrected chi connectivity index (χ0v) is 9.37. The molecule has 7 heteroatoms. The summed E-state index contributed by atoms with van der Waals surface area (Å²) in [6, 6.07) is -0.728. The number of nitrogens with two attached hydrogens (primary N) is 2. The van der Waals surface area contributed by atoms with Gasteiger partial charge in [-0.25, -0.2) is 4.79 Å². The number of thioether (sulfide) groups is 1. The van der Waals surface area contributed by atoms with Gasteiger partial charge in [-0.2, -0.15) is 22.8 Å². The fraction of sp³-hybridized carbons (Fsp3) is 0.857. The van der Waals surface area contributed by atoms with Crippen molar-refractivity contribution in [2.75, 3.05) is 5.75 Å². The van der Waals surface area contributed by atoms with Gasteiger partial charge in [0.2, 0.25) is 0 Å². The summed E-state index contributed by atoms with van der Waals surface area (Å²) >= 11 is 1.56. The van der Waals surface area contributed by atoms with Gasteiger partial charge in [0.25, 0.3) is 0 Å². The minimum absolute atomic E-state index is 0.0389. The van der Waals surface area contributed by atoms with Gasteiger partial charge in [0, 0.05) is 10.5 Å². The molecule has 0 aromatic carbocycles. The molecule has 0 unspecified atom stereocenters. The molecule has 0 aromatic heterocycles. The van der Waals surface area contributed by atoms with Gasteiger partial charge < -0.3 is 10.7 Å². The maximum Gasteiger partial charge on any atom is 0.352 e. The van der Waals surface area contributed by atoms with Crippen molar-refractivity contribution in [2.24, 2.45) is 22.1 Å². The Bertz CT molecular complexity index is 214. The van der Waals surface area contributed by atoms with E-state index in [0.717, 1.165) is 0 Å². The van der Waals surface area contributed by atoms with Gasteiger partial charge in [0.1, 0.15) is 0 Å². The Hall–Kier alpha value is -0.820. The first-order chi connectivity index (χ1) is 6.40. The molecule has 0 saturated carbocycles. The van der Waals surface area contributed by atoms with Crippen LogP contribution >= 0.6 is 11.8 Å². The van der Waals surface area contributed by atoms with Gasteiger partial charge in [-0.15, -0.1) is 0 Å². The van der Waals surface area contributed by atoms with E-state index in [0.29, 0.717) is 5.75 Å². The van der Waals surface area contributed by atoms with Crippen molar-refractivity contribution in [2.45, 2.75) is 31.6 Å². The molecule has 0 aliphatic heterocycles. The van der Waals surface area contributed by atoms with E-state index in [1.807, 2.05) is 20.8 Å². The Morgan fingerprint density at radius 3 is 2.50 bits per heavy atom. The van der Waals surface area contributed by atoms with Crippen molar-refractivity contribution < 1.29 is 9.63 Å². The smallest absolute Gasteiger partial charge is 0.352 e. The summed E-state index contributed by atoms with van der Waals surface area (Å²) in [4.78, 5) is 15.1. The van der Waals surface area contributed by atoms with Crippen molar-refractivity contribution >= 4 is 17.7 Å². The fourth-order valence-corrected chi connectivity index (χ4v) is 1.50. The van der Waals surface area contributed by atoms with Gasteiger partial charge in [-0.3, -0.25) is 0 Å². The lowest BCUT2D eigenvalue weighted by Crippen LogP contribution is -2.28. The second-order valence-corrected chi connectivity index (χ2v) is 5.45. The summed E-state index contributed by atoms with van der Waals surface area (Å²) in [6.07, 6.45) is 0. The van der Waals surface area contributed by atoms with E-state index in [9.17, 15) is 4.79 Å². The van der Waals surface area contributed by atoms with Crippen LogP contribution in [0.3, 0.4) is 0 Å². The highest BCUT2D eigenvalue weighted by atomic mass is 32.2. The topological polar surface area (TPSA) is 103 Å². The largest absolute Gasteiger partial charge is 0.372 e. The number of hydrogen-bond donors (Lipinski definition) is 2. The average molecular weight is 220 g/mol. The first-order valence-electron chi connectivity index (χ1n) is 4.05. The van der Waals surface area contributed by atoms with Crippen molar-refractivity contribution in [1.82, 2.24) is 0 Å². The Kier molecular flexibility index (Phi) is 5.47. The molecule has 4 N–H and O–H groups in total. The lowest BCUT2D eigenvalue weighted by molar-refractivity contribution is -0.145. The predicted octanol–water partition coefficient (Wildman–Crippen LogP) is 0.630. The van der Waals surface area contributed by atoms with Crippen LogP contribution in [0.4, 0.5) is 0 Å². The van der Waals surface area contributed by atoms with Gasteiger partial charge in [0.15, 0.2) is 6.04 Å². The third-order valence-electron chi connectivity index (χ3n) is 1.27. The van der Waals surface area contributed by atoms with Crippen molar-refractivity contribution in [3.8, 4) is 0 Å². The molecule has 0 radical (unpaired) electrons. The third kappa shape index (κ3) is 5.76. The fourth-order valence-electron chi connectivity index (χ4n) is 0.636. The van der Waals surface area contributed by atoms with E-state index in [1.54, 1.807) is 11.8 Å². The van der Waals surface area contributed by atoms with Crippen LogP contribution in [0.2, 0.25) is 0 Å². The average Bonchev–Trinajstić information content (AvgIpc) is 2.09. The molecule has 0 bridgehead atoms. The molecule has 0 fully saturated rings. The summed E-state index contributed by atoms with van der Waals surface area (Å²) in [6.45, 7) is 6.09. The van der Waals surface area contributed by atoms with Crippen LogP contribution in [-0.2, 0) is 9.63 Å². The van der Waals surface area contributed by atoms with Crippen molar-refractivity contribution in [1.29, 1.82) is 0 Å². The zero-order chi connectivity index (χ0) is 11.2. The zero-order valence-electron chi connectivity index (χ0n) is 8.56. The number of carbonyl (C=O) groups is 1. The normalized spacial score (nSPS) is 14.3. The number of nitrogens with zero attached hydrogens (tertiary/aromatic N) is 2. The maximum absolute atomic E-state index is 11.0. The molecule has 6 nitrogen and oxygen atoms in total. The monoisotopic (exact) mass is 220 g/mol. The van der Waals surface area contributed by atoms with Crippen LogP contribution in [0.1, 0.15) is 20.8 Å². The molecule has 0 heterocycles. The van der Waals surface area contributed by atoms with Crippen LogP contribution in [0, 0.1) is 0 Å². The standard InChI is InChI=1S/C7H16N4O2S/c1-7(2,3)14-4-5(10-11-8)6(12)13-9/h5H,4,9H2,1-3H3,(H2,8,10)/t5-/m0/s1. The van der Waals surface area contributed by atoms with E-state index in [2.05, 4.69) is 15.2 Å². The molecule has 0 saturated heterocycles. The second-order valence-electron chi connectivity index (χ2n) is 3.61. The van der Waals surface area contributed by atoms with Crippen molar-refractivity contribution in [3.63, 3.8) is 0 Å². The van der Waals surface area contributed by atoms with E-state index in [4.69, 9.17) is 11.7 Å². The summed E-state index contributed by atoms with van der Waals surface area (Å²) in [5.41, 5.74) is 0. The molecule has 0 aliphatic carbocycles. The van der Waals surface area contributed by atoms with Crippen LogP contribution in [0.15, 0.2) is 10.3 Å². The Morgan fingerprint density at radius 2 is 2.14 bits per heavy atom. The van der Waals surface area contributed by atoms with E-state index in [-0.39, 0.29) is 4.75 Å². The summed E-state index contributed by atoms with van der Waals surface area (Å²) in [5, 5.41) is 6.59. The minimum Gasteiger partial charge on any atom is -0.372 e. The highest BCUT2D eigenvalue weighted by Gasteiger charge is 2.22. The Labute approximate surface area is 87.4 Å². The van der Waals surface area contributed by atoms with Crippen LogP contribution in [0.25, 0.3) is 0 Å². The van der Waals surface area contributed by atoms with E-state index < -0.39 is 12.0 Å².